The van der Waals surface area contributed by atoms with Crippen LogP contribution in [0.2, 0.25) is 63.5 Å². The van der Waals surface area contributed by atoms with E-state index in [1.807, 2.05) is 0 Å². The van der Waals surface area contributed by atoms with Gasteiger partial charge < -0.3 is 12.3 Å². The van der Waals surface area contributed by atoms with E-state index < -0.39 is 33.8 Å². The van der Waals surface area contributed by atoms with E-state index in [1.54, 1.807) is 6.08 Å². The molecule has 0 unspecified atom stereocenters. The molecule has 0 aliphatic heterocycles. The van der Waals surface area contributed by atoms with Crippen LogP contribution in [-0.2, 0) is 17.1 Å². The number of carbonyl (C=O) groups excluding carboxylic acids is 1. The zero-order valence-electron chi connectivity index (χ0n) is 19.9. The fraction of sp³-hybridized carbons (Fsp3) is 0.947. The van der Waals surface area contributed by atoms with Crippen LogP contribution in [0.1, 0.15) is 46.5 Å². The van der Waals surface area contributed by atoms with Gasteiger partial charge in [-0.25, -0.2) is 9.79 Å². The van der Waals surface area contributed by atoms with Crippen LogP contribution in [0.3, 0.4) is 0 Å². The Morgan fingerprint density at radius 1 is 0.679 bits per heavy atom. The number of aliphatic imine (C=N–C) groups is 1. The van der Waals surface area contributed by atoms with E-state index in [4.69, 9.17) is 12.3 Å². The van der Waals surface area contributed by atoms with Crippen LogP contribution in [0.15, 0.2) is 4.99 Å². The summed E-state index contributed by atoms with van der Waals surface area (Å²) in [5.74, 6) is 0. The van der Waals surface area contributed by atoms with Gasteiger partial charge in [0.25, 0.3) is 0 Å². The summed E-state index contributed by atoms with van der Waals surface area (Å²) in [7, 11) is -8.58. The van der Waals surface area contributed by atoms with Crippen molar-refractivity contribution in [2.24, 2.45) is 4.99 Å². The molecule has 0 radical (unpaired) electrons. The first-order valence-electron chi connectivity index (χ1n) is 11.0. The van der Waals surface area contributed by atoms with E-state index >= 15 is 0 Å². The van der Waals surface area contributed by atoms with Gasteiger partial charge in [-0.15, -0.1) is 0 Å². The summed E-state index contributed by atoms with van der Waals surface area (Å²) in [6.45, 7) is 20.8. The zero-order valence-corrected chi connectivity index (χ0v) is 23.9. The highest BCUT2D eigenvalue weighted by Gasteiger charge is 2.51. The Morgan fingerprint density at radius 2 is 1.04 bits per heavy atom. The maximum atomic E-state index is 10.5. The van der Waals surface area contributed by atoms with E-state index in [2.05, 4.69) is 65.0 Å². The van der Waals surface area contributed by atoms with Crippen molar-refractivity contribution in [2.45, 2.75) is 110 Å². The van der Waals surface area contributed by atoms with Crippen LogP contribution in [0, 0.1) is 0 Å². The third-order valence-electron chi connectivity index (χ3n) is 4.67. The molecule has 0 spiro atoms. The second-order valence-electron chi connectivity index (χ2n) is 9.59. The molecule has 0 aromatic carbocycles. The molecule has 28 heavy (non-hydrogen) atoms. The van der Waals surface area contributed by atoms with Gasteiger partial charge in [0.05, 0.1) is 6.54 Å². The molecule has 0 rings (SSSR count). The molecule has 9 heteroatoms. The molecule has 0 aliphatic rings. The number of nitrogens with zero attached hydrogens (tertiary/aromatic N) is 1. The lowest BCUT2D eigenvalue weighted by Crippen LogP contribution is -2.61. The van der Waals surface area contributed by atoms with Crippen molar-refractivity contribution in [3.8, 4) is 0 Å². The number of rotatable bonds is 16. The van der Waals surface area contributed by atoms with Crippen molar-refractivity contribution in [1.29, 1.82) is 0 Å². The third kappa shape index (κ3) is 12.0. The Morgan fingerprint density at radius 3 is 1.32 bits per heavy atom. The molecule has 0 N–H and O–H groups in total. The molecule has 0 aromatic heterocycles. The summed E-state index contributed by atoms with van der Waals surface area (Å²) in [6.07, 6.45) is 5.76. The van der Waals surface area contributed by atoms with Crippen molar-refractivity contribution < 1.29 is 17.1 Å². The van der Waals surface area contributed by atoms with E-state index in [0.717, 1.165) is 49.9 Å². The fourth-order valence-electron chi connectivity index (χ4n) is 3.86. The number of isocyanates is 1. The average molecular weight is 464 g/mol. The van der Waals surface area contributed by atoms with Gasteiger partial charge in [0.15, 0.2) is 25.0 Å². The van der Waals surface area contributed by atoms with Gasteiger partial charge in [-0.2, -0.15) is 0 Å². The molecule has 166 valence electrons. The third-order valence-corrected chi connectivity index (χ3v) is 21.1. The van der Waals surface area contributed by atoms with Crippen LogP contribution in [0.4, 0.5) is 0 Å². The molecule has 0 aromatic rings. The molecule has 0 amide bonds. The first kappa shape index (κ1) is 28.1. The lowest BCUT2D eigenvalue weighted by molar-refractivity contribution is 0.245. The van der Waals surface area contributed by atoms with Crippen molar-refractivity contribution in [3.05, 3.63) is 0 Å². The fourth-order valence-corrected chi connectivity index (χ4v) is 22.2. The van der Waals surface area contributed by atoms with Crippen molar-refractivity contribution in [3.63, 3.8) is 0 Å². The molecule has 0 saturated heterocycles. The van der Waals surface area contributed by atoms with Gasteiger partial charge in [-0.3, -0.25) is 0 Å². The molecule has 0 saturated carbocycles. The molecular formula is C19H45NO4Si4. The highest BCUT2D eigenvalue weighted by Crippen LogP contribution is 2.34. The van der Waals surface area contributed by atoms with Gasteiger partial charge in [0.2, 0.25) is 6.08 Å². The van der Waals surface area contributed by atoms with Gasteiger partial charge in [-0.1, -0.05) is 40.0 Å². The summed E-state index contributed by atoms with van der Waals surface area (Å²) in [5, 5.41) is 0. The molecule has 0 atom stereocenters. The minimum Gasteiger partial charge on any atom is -0.417 e. The van der Waals surface area contributed by atoms with Gasteiger partial charge >= 0.3 is 8.80 Å². The van der Waals surface area contributed by atoms with Crippen LogP contribution >= 0.6 is 0 Å². The van der Waals surface area contributed by atoms with Crippen LogP contribution in [-0.4, -0.2) is 46.4 Å². The van der Waals surface area contributed by atoms with Crippen molar-refractivity contribution >= 4 is 39.8 Å². The second-order valence-corrected chi connectivity index (χ2v) is 26.0. The number of hydrogen-bond donors (Lipinski definition) is 0. The SMILES string of the molecule is CCC[Si](C)(C)O[Si](CCCN=C=O)(O[Si](C)(C)CCC)O[Si](C)(C)CCC. The Hall–Kier alpha value is 0.128. The summed E-state index contributed by atoms with van der Waals surface area (Å²) in [5.41, 5.74) is 0. The Balaban J connectivity index is 5.94. The lowest BCUT2D eigenvalue weighted by Gasteiger charge is -2.45. The Labute approximate surface area is 178 Å². The standard InChI is InChI=1S/C19H45NO4Si4/c1-10-15-25(4,5)22-28(18-13-14-20-19-21,23-26(6,7)16-11-2)24-27(8,9)17-12-3/h10-18H2,1-9H3. The quantitative estimate of drug-likeness (QED) is 0.113. The largest absolute Gasteiger partial charge is 0.469 e. The maximum Gasteiger partial charge on any atom is 0.469 e. The normalized spacial score (nSPS) is 13.5. The van der Waals surface area contributed by atoms with E-state index in [-0.39, 0.29) is 0 Å². The summed E-state index contributed by atoms with van der Waals surface area (Å²) < 4.78 is 20.9. The predicted octanol–water partition coefficient (Wildman–Crippen LogP) is 6.55. The molecule has 0 fully saturated rings. The average Bonchev–Trinajstić information content (AvgIpc) is 2.49. The molecule has 5 nitrogen and oxygen atoms in total. The van der Waals surface area contributed by atoms with E-state index in [0.29, 0.717) is 6.54 Å². The van der Waals surface area contributed by atoms with Gasteiger partial charge in [0, 0.05) is 6.04 Å². The van der Waals surface area contributed by atoms with Gasteiger partial charge in [-0.05, 0) is 63.8 Å². The zero-order chi connectivity index (χ0) is 21.9. The van der Waals surface area contributed by atoms with Gasteiger partial charge in [0.1, 0.15) is 0 Å². The van der Waals surface area contributed by atoms with Crippen LogP contribution in [0.5, 0.6) is 0 Å². The Kier molecular flexibility index (Phi) is 12.8. The highest BCUT2D eigenvalue weighted by atomic mass is 28.5. The lowest BCUT2D eigenvalue weighted by atomic mass is 10.5. The molecular weight excluding hydrogens is 419 g/mol. The van der Waals surface area contributed by atoms with Crippen LogP contribution in [0.25, 0.3) is 0 Å². The maximum absolute atomic E-state index is 10.5. The smallest absolute Gasteiger partial charge is 0.417 e. The second kappa shape index (κ2) is 12.7. The molecule has 0 aliphatic carbocycles. The van der Waals surface area contributed by atoms with E-state index in [9.17, 15) is 4.79 Å². The van der Waals surface area contributed by atoms with Crippen LogP contribution < -0.4 is 0 Å². The number of hydrogen-bond acceptors (Lipinski definition) is 5. The first-order chi connectivity index (χ1) is 12.9. The first-order valence-corrected chi connectivity index (χ1v) is 22.3. The molecule has 0 bridgehead atoms. The topological polar surface area (TPSA) is 57.1 Å². The monoisotopic (exact) mass is 463 g/mol. The summed E-state index contributed by atoms with van der Waals surface area (Å²) in [6, 6.07) is 4.06. The minimum atomic E-state index is -2.87. The van der Waals surface area contributed by atoms with Crippen molar-refractivity contribution in [2.75, 3.05) is 6.54 Å². The summed E-state index contributed by atoms with van der Waals surface area (Å²) >= 11 is 0. The molecule has 0 heterocycles. The highest BCUT2D eigenvalue weighted by molar-refractivity contribution is 6.90. The van der Waals surface area contributed by atoms with E-state index in [1.165, 1.54) is 0 Å². The minimum absolute atomic E-state index is 0.468. The Bertz CT molecular complexity index is 444. The predicted molar refractivity (Wildman–Crippen MR) is 129 cm³/mol. The summed E-state index contributed by atoms with van der Waals surface area (Å²) in [4.78, 5) is 14.3. The van der Waals surface area contributed by atoms with Crippen molar-refractivity contribution in [1.82, 2.24) is 0 Å².